The second kappa shape index (κ2) is 17.9. The molecule has 15 nitrogen and oxygen atoms in total. The van der Waals surface area contributed by atoms with Gasteiger partial charge in [0.2, 0.25) is 29.5 Å². The van der Waals surface area contributed by atoms with E-state index in [2.05, 4.69) is 31.9 Å². The molecule has 0 heterocycles. The third-order valence-electron chi connectivity index (χ3n) is 5.71. The standard InChI is InChI=1S/C26H39N7O8/c1-15(22(37)29-14-21(35)36)32-26(41)19(11-7-8-12-27)33-24(39)17(3)31-23(38)16(2)30-20(34)13-28-25(40)18-9-5-4-6-10-18/h4-6,9-10,15-17,19H,7-8,11-14,27H2,1-3H3,(H,28,40)(H,29,37)(H,30,34)(H,31,38)(H,32,41)(H,33,39)(H,35,36)/t15-,16-,17-,19-/m0/s1. The Kier molecular flexibility index (Phi) is 15.1. The molecule has 1 aromatic carbocycles. The Morgan fingerprint density at radius 2 is 1.27 bits per heavy atom. The van der Waals surface area contributed by atoms with Gasteiger partial charge in [-0.05, 0) is 58.7 Å². The molecule has 0 bridgehead atoms. The number of aliphatic carboxylic acids is 1. The van der Waals surface area contributed by atoms with Crippen molar-refractivity contribution in [2.24, 2.45) is 5.73 Å². The first-order chi connectivity index (χ1) is 19.3. The summed E-state index contributed by atoms with van der Waals surface area (Å²) in [6.07, 6.45) is 1.25. The van der Waals surface area contributed by atoms with Gasteiger partial charge in [-0.1, -0.05) is 18.2 Å². The molecule has 0 saturated carbocycles. The SMILES string of the molecule is C[C@H](NC(=O)CNC(=O)c1ccccc1)C(=O)N[C@@H](C)C(=O)N[C@@H](CCCCN)C(=O)N[C@@H](C)C(=O)NCC(=O)O. The zero-order valence-corrected chi connectivity index (χ0v) is 23.3. The molecule has 9 N–H and O–H groups in total. The molecule has 0 spiro atoms. The van der Waals surface area contributed by atoms with Crippen molar-refractivity contribution < 1.29 is 38.7 Å². The van der Waals surface area contributed by atoms with Crippen LogP contribution in [-0.4, -0.2) is 90.3 Å². The molecule has 1 aromatic rings. The number of hydrogen-bond acceptors (Lipinski definition) is 8. The maximum absolute atomic E-state index is 12.8. The monoisotopic (exact) mass is 577 g/mol. The van der Waals surface area contributed by atoms with Crippen molar-refractivity contribution in [2.75, 3.05) is 19.6 Å². The van der Waals surface area contributed by atoms with Crippen LogP contribution in [0.15, 0.2) is 30.3 Å². The van der Waals surface area contributed by atoms with Gasteiger partial charge in [-0.2, -0.15) is 0 Å². The highest BCUT2D eigenvalue weighted by atomic mass is 16.4. The molecular weight excluding hydrogens is 538 g/mol. The molecule has 0 aromatic heterocycles. The Bertz CT molecular complexity index is 1080. The number of benzene rings is 1. The molecule has 0 aliphatic carbocycles. The van der Waals surface area contributed by atoms with E-state index >= 15 is 0 Å². The van der Waals surface area contributed by atoms with Crippen molar-refractivity contribution in [1.29, 1.82) is 0 Å². The number of carboxylic acid groups (broad SMARTS) is 1. The summed E-state index contributed by atoms with van der Waals surface area (Å²) in [5.41, 5.74) is 5.88. The van der Waals surface area contributed by atoms with Crippen LogP contribution >= 0.6 is 0 Å². The van der Waals surface area contributed by atoms with Crippen molar-refractivity contribution in [2.45, 2.75) is 64.2 Å². The molecular formula is C26H39N7O8. The molecule has 0 saturated heterocycles. The second-order valence-electron chi connectivity index (χ2n) is 9.26. The largest absolute Gasteiger partial charge is 0.480 e. The number of hydrogen-bond donors (Lipinski definition) is 8. The second-order valence-corrected chi connectivity index (χ2v) is 9.26. The van der Waals surface area contributed by atoms with E-state index in [0.717, 1.165) is 0 Å². The van der Waals surface area contributed by atoms with Gasteiger partial charge < -0.3 is 42.7 Å². The summed E-state index contributed by atoms with van der Waals surface area (Å²) in [6.45, 7) is 3.53. The van der Waals surface area contributed by atoms with Crippen LogP contribution in [0.25, 0.3) is 0 Å². The van der Waals surface area contributed by atoms with Crippen LogP contribution in [-0.2, 0) is 28.8 Å². The average Bonchev–Trinajstić information content (AvgIpc) is 2.94. The van der Waals surface area contributed by atoms with Crippen LogP contribution in [0.3, 0.4) is 0 Å². The third-order valence-corrected chi connectivity index (χ3v) is 5.71. The number of carboxylic acids is 1. The zero-order chi connectivity index (χ0) is 30.9. The predicted molar refractivity (Wildman–Crippen MR) is 147 cm³/mol. The van der Waals surface area contributed by atoms with E-state index in [1.54, 1.807) is 30.3 Å². The lowest BCUT2D eigenvalue weighted by atomic mass is 10.1. The molecule has 1 rings (SSSR count). The van der Waals surface area contributed by atoms with Gasteiger partial charge in [-0.15, -0.1) is 0 Å². The number of rotatable bonds is 17. The first-order valence-corrected chi connectivity index (χ1v) is 13.1. The molecule has 0 unspecified atom stereocenters. The fraction of sp³-hybridized carbons (Fsp3) is 0.500. The van der Waals surface area contributed by atoms with Crippen LogP contribution in [0.2, 0.25) is 0 Å². The summed E-state index contributed by atoms with van der Waals surface area (Å²) in [5.74, 6) is -5.08. The van der Waals surface area contributed by atoms with Gasteiger partial charge in [-0.25, -0.2) is 0 Å². The highest BCUT2D eigenvalue weighted by molar-refractivity contribution is 5.98. The van der Waals surface area contributed by atoms with Gasteiger partial charge in [-0.3, -0.25) is 33.6 Å². The van der Waals surface area contributed by atoms with Gasteiger partial charge in [0, 0.05) is 5.56 Å². The maximum atomic E-state index is 12.8. The molecule has 15 heteroatoms. The van der Waals surface area contributed by atoms with Gasteiger partial charge >= 0.3 is 5.97 Å². The number of nitrogens with two attached hydrogens (primary N) is 1. The van der Waals surface area contributed by atoms with Crippen LogP contribution < -0.4 is 37.6 Å². The highest BCUT2D eigenvalue weighted by Gasteiger charge is 2.27. The zero-order valence-electron chi connectivity index (χ0n) is 23.3. The third kappa shape index (κ3) is 13.4. The fourth-order valence-electron chi connectivity index (χ4n) is 3.37. The molecule has 41 heavy (non-hydrogen) atoms. The quantitative estimate of drug-likeness (QED) is 0.0931. The van der Waals surface area contributed by atoms with Crippen molar-refractivity contribution in [1.82, 2.24) is 31.9 Å². The van der Waals surface area contributed by atoms with E-state index in [0.29, 0.717) is 24.9 Å². The fourth-order valence-corrected chi connectivity index (χ4v) is 3.37. The van der Waals surface area contributed by atoms with Gasteiger partial charge in [0.15, 0.2) is 0 Å². The molecule has 226 valence electrons. The number of nitrogens with one attached hydrogen (secondary N) is 6. The molecule has 0 aliphatic heterocycles. The topological polar surface area (TPSA) is 238 Å². The summed E-state index contributed by atoms with van der Waals surface area (Å²) in [6, 6.07) is 4.00. The number of unbranched alkanes of at least 4 members (excludes halogenated alkanes) is 1. The van der Waals surface area contributed by atoms with E-state index in [1.807, 2.05) is 0 Å². The van der Waals surface area contributed by atoms with E-state index in [9.17, 15) is 33.6 Å². The minimum Gasteiger partial charge on any atom is -0.480 e. The number of amides is 6. The average molecular weight is 578 g/mol. The lowest BCUT2D eigenvalue weighted by Crippen LogP contribution is -2.57. The van der Waals surface area contributed by atoms with Crippen molar-refractivity contribution >= 4 is 41.4 Å². The van der Waals surface area contributed by atoms with Crippen LogP contribution in [0, 0.1) is 0 Å². The number of carbonyl (C=O) groups excluding carboxylic acids is 6. The predicted octanol–water partition coefficient (Wildman–Crippen LogP) is -2.25. The molecule has 0 radical (unpaired) electrons. The van der Waals surface area contributed by atoms with Gasteiger partial charge in [0.05, 0.1) is 6.54 Å². The maximum Gasteiger partial charge on any atom is 0.322 e. The Morgan fingerprint density at radius 3 is 1.88 bits per heavy atom. The smallest absolute Gasteiger partial charge is 0.322 e. The lowest BCUT2D eigenvalue weighted by molar-refractivity contribution is -0.138. The minimum absolute atomic E-state index is 0.195. The van der Waals surface area contributed by atoms with Crippen LogP contribution in [0.1, 0.15) is 50.4 Å². The summed E-state index contributed by atoms with van der Waals surface area (Å²) in [5, 5.41) is 23.1. The highest BCUT2D eigenvalue weighted by Crippen LogP contribution is 2.03. The van der Waals surface area contributed by atoms with Crippen molar-refractivity contribution in [3.63, 3.8) is 0 Å². The summed E-state index contributed by atoms with van der Waals surface area (Å²) < 4.78 is 0. The minimum atomic E-state index is -1.25. The molecule has 6 amide bonds. The Balaban J connectivity index is 2.63. The summed E-state index contributed by atoms with van der Waals surface area (Å²) in [7, 11) is 0. The number of carbonyl (C=O) groups is 7. The summed E-state index contributed by atoms with van der Waals surface area (Å²) >= 11 is 0. The van der Waals surface area contributed by atoms with Gasteiger partial charge in [0.25, 0.3) is 5.91 Å². The van der Waals surface area contributed by atoms with Gasteiger partial charge in [0.1, 0.15) is 30.7 Å². The Morgan fingerprint density at radius 1 is 0.707 bits per heavy atom. The summed E-state index contributed by atoms with van der Waals surface area (Å²) in [4.78, 5) is 85.0. The van der Waals surface area contributed by atoms with E-state index < -0.39 is 72.1 Å². The van der Waals surface area contributed by atoms with E-state index in [4.69, 9.17) is 10.8 Å². The molecule has 0 aliphatic rings. The van der Waals surface area contributed by atoms with E-state index in [1.165, 1.54) is 20.8 Å². The lowest BCUT2D eigenvalue weighted by Gasteiger charge is -2.23. The molecule has 0 fully saturated rings. The van der Waals surface area contributed by atoms with Crippen LogP contribution in [0.4, 0.5) is 0 Å². The Hall–Kier alpha value is -4.53. The van der Waals surface area contributed by atoms with Crippen molar-refractivity contribution in [3.05, 3.63) is 35.9 Å². The van der Waals surface area contributed by atoms with Crippen molar-refractivity contribution in [3.8, 4) is 0 Å². The Labute approximate surface area is 237 Å². The first kappa shape index (κ1) is 34.5. The van der Waals surface area contributed by atoms with E-state index in [-0.39, 0.29) is 13.0 Å². The molecule has 4 atom stereocenters. The first-order valence-electron chi connectivity index (χ1n) is 13.1. The van der Waals surface area contributed by atoms with Crippen LogP contribution in [0.5, 0.6) is 0 Å². The normalized spacial score (nSPS) is 13.4.